The second kappa shape index (κ2) is 4.93. The second-order valence-electron chi connectivity index (χ2n) is 1.44. The minimum absolute atomic E-state index is 0.00619. The number of methoxy groups -OCH3 is 1. The third kappa shape index (κ3) is 4.59. The second-order valence-corrected chi connectivity index (χ2v) is 3.52. The first-order valence-corrected chi connectivity index (χ1v) is 4.94. The molecule has 0 aliphatic rings. The summed E-state index contributed by atoms with van der Waals surface area (Å²) in [7, 11) is 1.53. The molecule has 5 heteroatoms. The first-order chi connectivity index (χ1) is 4.20. The van der Waals surface area contributed by atoms with Gasteiger partial charge in [-0.25, -0.2) is 0 Å². The van der Waals surface area contributed by atoms with Crippen molar-refractivity contribution in [3.05, 3.63) is 0 Å². The molecule has 0 aromatic rings. The van der Waals surface area contributed by atoms with Gasteiger partial charge in [0.15, 0.2) is 0 Å². The maximum atomic E-state index is 4.75. The molecule has 0 bridgehead atoms. The van der Waals surface area contributed by atoms with E-state index >= 15 is 0 Å². The van der Waals surface area contributed by atoms with Gasteiger partial charge in [0.2, 0.25) is 0 Å². The lowest BCUT2D eigenvalue weighted by molar-refractivity contribution is 0.400. The summed E-state index contributed by atoms with van der Waals surface area (Å²) in [5.41, 5.74) is 0. The van der Waals surface area contributed by atoms with Gasteiger partial charge in [0.25, 0.3) is 0 Å². The van der Waals surface area contributed by atoms with Crippen LogP contribution in [0.1, 0.15) is 0 Å². The lowest BCUT2D eigenvalue weighted by Crippen LogP contribution is -1.96. The van der Waals surface area contributed by atoms with Gasteiger partial charge in [-0.05, 0) is 12.5 Å². The number of nitrogens with zero attached hydrogens (tertiary/aromatic N) is 2. The van der Waals surface area contributed by atoms with Gasteiger partial charge in [0, 0.05) is 0 Å². The molecule has 0 aliphatic carbocycles. The van der Waals surface area contributed by atoms with Crippen LogP contribution < -0.4 is 0 Å². The standard InChI is InChI=1S/C4H9BrN2OS/c1-8-4(6-5)7-9(2)3/h1-3H3/b6-4-. The van der Waals surface area contributed by atoms with Crippen LogP contribution in [0.4, 0.5) is 0 Å². The maximum absolute atomic E-state index is 4.75. The van der Waals surface area contributed by atoms with Crippen LogP contribution in [-0.2, 0) is 15.4 Å². The van der Waals surface area contributed by atoms with Gasteiger partial charge < -0.3 is 4.74 Å². The highest BCUT2D eigenvalue weighted by molar-refractivity contribution is 9.08. The lowest BCUT2D eigenvalue weighted by atomic mass is 11.2. The molecule has 0 radical (unpaired) electrons. The van der Waals surface area contributed by atoms with Crippen molar-refractivity contribution in [1.82, 2.24) is 0 Å². The highest BCUT2D eigenvalue weighted by Crippen LogP contribution is 1.90. The molecule has 0 spiro atoms. The fourth-order valence-corrected chi connectivity index (χ4v) is 1.00. The van der Waals surface area contributed by atoms with Gasteiger partial charge in [0.1, 0.15) is 0 Å². The van der Waals surface area contributed by atoms with Crippen LogP contribution in [0.25, 0.3) is 0 Å². The van der Waals surface area contributed by atoms with Crippen LogP contribution in [0, 0.1) is 0 Å². The molecule has 0 unspecified atom stereocenters. The van der Waals surface area contributed by atoms with Crippen molar-refractivity contribution in [2.75, 3.05) is 19.6 Å². The maximum Gasteiger partial charge on any atom is 0.329 e. The summed E-state index contributed by atoms with van der Waals surface area (Å²) in [5.74, 6) is 0. The van der Waals surface area contributed by atoms with Gasteiger partial charge in [-0.1, -0.05) is 10.7 Å². The van der Waals surface area contributed by atoms with Gasteiger partial charge >= 0.3 is 6.02 Å². The van der Waals surface area contributed by atoms with Gasteiger partial charge in [0.05, 0.1) is 23.3 Å². The molecule has 0 saturated heterocycles. The molecule has 0 aromatic carbocycles. The third-order valence-corrected chi connectivity index (χ3v) is 1.34. The Bertz CT molecular complexity index is 142. The van der Waals surface area contributed by atoms with Crippen molar-refractivity contribution in [2.45, 2.75) is 0 Å². The Balaban J connectivity index is 4.01. The molecule has 54 valence electrons. The lowest BCUT2D eigenvalue weighted by Gasteiger charge is -1.94. The predicted molar refractivity (Wildman–Crippen MR) is 45.0 cm³/mol. The molecule has 0 saturated carbocycles. The van der Waals surface area contributed by atoms with Crippen LogP contribution in [0.15, 0.2) is 8.38 Å². The zero-order valence-electron chi connectivity index (χ0n) is 5.59. The molecule has 9 heavy (non-hydrogen) atoms. The zero-order valence-corrected chi connectivity index (χ0v) is 7.99. The Kier molecular flexibility index (Phi) is 4.99. The van der Waals surface area contributed by atoms with E-state index in [2.05, 4.69) is 24.5 Å². The van der Waals surface area contributed by atoms with E-state index in [9.17, 15) is 0 Å². The average Bonchev–Trinajstić information content (AvgIpc) is 1.82. The Morgan fingerprint density at radius 3 is 2.22 bits per heavy atom. The van der Waals surface area contributed by atoms with E-state index in [4.69, 9.17) is 4.74 Å². The fraction of sp³-hybridized carbons (Fsp3) is 0.750. The number of hydrogen-bond donors (Lipinski definition) is 0. The number of amidine groups is 1. The SMILES string of the molecule is CO/C(N=S(C)C)=N\Br. The smallest absolute Gasteiger partial charge is 0.329 e. The summed E-state index contributed by atoms with van der Waals surface area (Å²) in [6.45, 7) is 0. The highest BCUT2D eigenvalue weighted by atomic mass is 79.9. The van der Waals surface area contributed by atoms with E-state index in [1.165, 1.54) is 7.11 Å². The molecule has 0 amide bonds. The molecule has 3 nitrogen and oxygen atoms in total. The summed E-state index contributed by atoms with van der Waals surface area (Å²) in [4.78, 5) is 0. The monoisotopic (exact) mass is 212 g/mol. The molecule has 0 N–H and O–H groups in total. The molecule has 0 atom stereocenters. The average molecular weight is 213 g/mol. The summed E-state index contributed by atoms with van der Waals surface area (Å²) in [6.07, 6.45) is 3.97. The quantitative estimate of drug-likeness (QED) is 0.442. The molecule has 0 rings (SSSR count). The van der Waals surface area contributed by atoms with Crippen LogP contribution >= 0.6 is 16.1 Å². The molecule has 0 fully saturated rings. The summed E-state index contributed by atoms with van der Waals surface area (Å²) < 4.78 is 12.4. The van der Waals surface area contributed by atoms with Crippen LogP contribution in [0.2, 0.25) is 0 Å². The first kappa shape index (κ1) is 9.10. The van der Waals surface area contributed by atoms with E-state index in [-0.39, 0.29) is 10.7 Å². The molecule has 0 heterocycles. The Labute approximate surface area is 65.9 Å². The van der Waals surface area contributed by atoms with Gasteiger partial charge in [-0.3, -0.25) is 0 Å². The molecular weight excluding hydrogens is 204 g/mol. The predicted octanol–water partition coefficient (Wildman–Crippen LogP) is 1.36. The van der Waals surface area contributed by atoms with E-state index in [0.29, 0.717) is 6.02 Å². The number of ether oxygens (including phenoxy) is 1. The normalized spacial score (nSPS) is 11.9. The zero-order chi connectivity index (χ0) is 7.28. The largest absolute Gasteiger partial charge is 0.466 e. The summed E-state index contributed by atoms with van der Waals surface area (Å²) >= 11 is 2.88. The minimum atomic E-state index is -0.00619. The van der Waals surface area contributed by atoms with Gasteiger partial charge in [-0.2, -0.15) is 8.38 Å². The molecular formula is C4H9BrN2OS. The Hall–Kier alpha value is 0.1000. The number of rotatable bonds is 0. The van der Waals surface area contributed by atoms with E-state index in [0.717, 1.165) is 0 Å². The minimum Gasteiger partial charge on any atom is -0.466 e. The summed E-state index contributed by atoms with van der Waals surface area (Å²) in [6, 6.07) is 0.392. The van der Waals surface area contributed by atoms with Crippen molar-refractivity contribution in [3.8, 4) is 0 Å². The van der Waals surface area contributed by atoms with Crippen LogP contribution in [0.5, 0.6) is 0 Å². The van der Waals surface area contributed by atoms with Crippen molar-refractivity contribution in [2.24, 2.45) is 8.38 Å². The number of hydrogen-bond acceptors (Lipinski definition) is 2. The Morgan fingerprint density at radius 1 is 1.56 bits per heavy atom. The van der Waals surface area contributed by atoms with Gasteiger partial charge in [-0.15, -0.1) is 0 Å². The van der Waals surface area contributed by atoms with Crippen molar-refractivity contribution < 1.29 is 4.74 Å². The van der Waals surface area contributed by atoms with E-state index < -0.39 is 0 Å². The van der Waals surface area contributed by atoms with Crippen molar-refractivity contribution >= 4 is 32.9 Å². The highest BCUT2D eigenvalue weighted by Gasteiger charge is 1.89. The topological polar surface area (TPSA) is 34.0 Å². The van der Waals surface area contributed by atoms with Crippen LogP contribution in [-0.4, -0.2) is 25.6 Å². The molecule has 0 aliphatic heterocycles. The molecule has 0 aromatic heterocycles. The fourth-order valence-electron chi connectivity index (χ4n) is 0.243. The van der Waals surface area contributed by atoms with E-state index in [1.807, 2.05) is 12.5 Å². The Morgan fingerprint density at radius 2 is 2.11 bits per heavy atom. The first-order valence-electron chi connectivity index (χ1n) is 2.23. The van der Waals surface area contributed by atoms with Crippen molar-refractivity contribution in [1.29, 1.82) is 0 Å². The third-order valence-electron chi connectivity index (χ3n) is 0.516. The van der Waals surface area contributed by atoms with E-state index in [1.54, 1.807) is 0 Å². The number of halogens is 1. The van der Waals surface area contributed by atoms with Crippen molar-refractivity contribution in [3.63, 3.8) is 0 Å². The van der Waals surface area contributed by atoms with Crippen LogP contribution in [0.3, 0.4) is 0 Å². The summed E-state index contributed by atoms with van der Waals surface area (Å²) in [5, 5.41) is 0.